The van der Waals surface area contributed by atoms with Gasteiger partial charge in [-0.15, -0.1) is 0 Å². The second kappa shape index (κ2) is 12.2. The molecule has 0 radical (unpaired) electrons. The smallest absolute Gasteiger partial charge is 0.253 e. The summed E-state index contributed by atoms with van der Waals surface area (Å²) in [5.41, 5.74) is 4.75. The number of methoxy groups -OCH3 is 1. The Kier molecular flexibility index (Phi) is 8.74. The minimum Gasteiger partial charge on any atom is -0.383 e. The highest BCUT2D eigenvalue weighted by Crippen LogP contribution is 2.28. The van der Waals surface area contributed by atoms with Crippen LogP contribution in [0.1, 0.15) is 35.3 Å². The first-order valence-corrected chi connectivity index (χ1v) is 12.6. The van der Waals surface area contributed by atoms with Crippen molar-refractivity contribution in [3.63, 3.8) is 0 Å². The monoisotopic (exact) mass is 508 g/mol. The molecular formula is C27H33ClN6O2. The normalized spacial score (nSPS) is 13.7. The average Bonchev–Trinajstić information content (AvgIpc) is 3.06. The molecule has 36 heavy (non-hydrogen) atoms. The second-order valence-electron chi connectivity index (χ2n) is 9.13. The molecule has 1 aromatic heterocycles. The molecule has 1 aliphatic heterocycles. The number of carbonyl (C=O) groups is 1. The van der Waals surface area contributed by atoms with Crippen LogP contribution in [0.4, 0.5) is 23.1 Å². The minimum atomic E-state index is -0.164. The quantitative estimate of drug-likeness (QED) is 0.382. The van der Waals surface area contributed by atoms with Crippen molar-refractivity contribution in [1.29, 1.82) is 0 Å². The van der Waals surface area contributed by atoms with Crippen LogP contribution in [-0.2, 0) is 17.6 Å². The van der Waals surface area contributed by atoms with Gasteiger partial charge in [0, 0.05) is 38.5 Å². The fourth-order valence-corrected chi connectivity index (χ4v) is 4.33. The zero-order chi connectivity index (χ0) is 25.5. The number of carbonyl (C=O) groups excluding carboxylic acids is 1. The maximum Gasteiger partial charge on any atom is 0.253 e. The molecule has 3 aromatic rings. The van der Waals surface area contributed by atoms with Crippen LogP contribution < -0.4 is 16.0 Å². The van der Waals surface area contributed by atoms with E-state index in [1.807, 2.05) is 32.0 Å². The van der Waals surface area contributed by atoms with Gasteiger partial charge in [0.15, 0.2) is 5.82 Å². The molecular weight excluding hydrogens is 476 g/mol. The number of anilines is 4. The van der Waals surface area contributed by atoms with E-state index in [2.05, 4.69) is 49.0 Å². The lowest BCUT2D eigenvalue weighted by molar-refractivity contribution is 0.0944. The van der Waals surface area contributed by atoms with Gasteiger partial charge in [0.1, 0.15) is 5.02 Å². The summed E-state index contributed by atoms with van der Waals surface area (Å²) in [6.07, 6.45) is 3.56. The molecule has 1 amide bonds. The average molecular weight is 509 g/mol. The molecule has 0 aliphatic carbocycles. The van der Waals surface area contributed by atoms with E-state index in [-0.39, 0.29) is 11.9 Å². The van der Waals surface area contributed by atoms with Crippen LogP contribution in [-0.4, -0.2) is 60.2 Å². The first-order valence-electron chi connectivity index (χ1n) is 12.2. The number of nitrogens with one attached hydrogen (secondary N) is 3. The predicted molar refractivity (Wildman–Crippen MR) is 145 cm³/mol. The SMILES string of the molecule is COCCN1CCc2ccc(Nc3ncc(Cl)c(Nc4ccccc4C(=O)NC(C)C)n3)cc2CC1. The van der Waals surface area contributed by atoms with Gasteiger partial charge in [-0.3, -0.25) is 4.79 Å². The summed E-state index contributed by atoms with van der Waals surface area (Å²) in [6.45, 7) is 7.59. The van der Waals surface area contributed by atoms with Crippen LogP contribution in [0.5, 0.6) is 0 Å². The largest absolute Gasteiger partial charge is 0.383 e. The van der Waals surface area contributed by atoms with Crippen molar-refractivity contribution >= 4 is 40.6 Å². The first kappa shape index (κ1) is 25.9. The van der Waals surface area contributed by atoms with Crippen LogP contribution in [0.2, 0.25) is 5.02 Å². The Balaban J connectivity index is 1.49. The number of rotatable bonds is 9. The molecule has 0 atom stereocenters. The fraction of sp³-hybridized carbons (Fsp3) is 0.370. The highest BCUT2D eigenvalue weighted by molar-refractivity contribution is 6.33. The number of ether oxygens (including phenoxy) is 1. The van der Waals surface area contributed by atoms with Crippen molar-refractivity contribution in [2.45, 2.75) is 32.7 Å². The fourth-order valence-electron chi connectivity index (χ4n) is 4.19. The lowest BCUT2D eigenvalue weighted by atomic mass is 10.0. The van der Waals surface area contributed by atoms with Crippen LogP contribution in [0.15, 0.2) is 48.7 Å². The topological polar surface area (TPSA) is 91.4 Å². The Morgan fingerprint density at radius 3 is 2.67 bits per heavy atom. The number of halogens is 1. The van der Waals surface area contributed by atoms with E-state index >= 15 is 0 Å². The van der Waals surface area contributed by atoms with Crippen molar-refractivity contribution in [2.75, 3.05) is 44.0 Å². The molecule has 2 aromatic carbocycles. The Morgan fingerprint density at radius 2 is 1.89 bits per heavy atom. The summed E-state index contributed by atoms with van der Waals surface area (Å²) in [5, 5.41) is 9.78. The molecule has 0 saturated carbocycles. The number of nitrogens with zero attached hydrogens (tertiary/aromatic N) is 3. The molecule has 0 bridgehead atoms. The van der Waals surface area contributed by atoms with Gasteiger partial charge < -0.3 is 25.6 Å². The van der Waals surface area contributed by atoms with Crippen LogP contribution in [0, 0.1) is 0 Å². The molecule has 9 heteroatoms. The molecule has 3 N–H and O–H groups in total. The van der Waals surface area contributed by atoms with Gasteiger partial charge in [0.25, 0.3) is 5.91 Å². The van der Waals surface area contributed by atoms with E-state index in [4.69, 9.17) is 16.3 Å². The number of hydrogen-bond donors (Lipinski definition) is 3. The zero-order valence-electron chi connectivity index (χ0n) is 21.0. The third-order valence-electron chi connectivity index (χ3n) is 6.06. The van der Waals surface area contributed by atoms with Gasteiger partial charge in [0.05, 0.1) is 24.1 Å². The number of para-hydroxylation sites is 1. The van der Waals surface area contributed by atoms with Crippen molar-refractivity contribution < 1.29 is 9.53 Å². The molecule has 0 unspecified atom stereocenters. The third kappa shape index (κ3) is 6.72. The van der Waals surface area contributed by atoms with E-state index in [9.17, 15) is 4.79 Å². The number of hydrogen-bond acceptors (Lipinski definition) is 7. The van der Waals surface area contributed by atoms with Gasteiger partial charge in [-0.25, -0.2) is 4.98 Å². The summed E-state index contributed by atoms with van der Waals surface area (Å²) in [6, 6.07) is 13.7. The molecule has 0 spiro atoms. The molecule has 0 fully saturated rings. The van der Waals surface area contributed by atoms with Gasteiger partial charge in [-0.1, -0.05) is 29.8 Å². The molecule has 190 valence electrons. The number of aromatic nitrogens is 2. The number of benzene rings is 2. The number of fused-ring (bicyclic) bond motifs is 1. The number of amides is 1. The Morgan fingerprint density at radius 1 is 1.11 bits per heavy atom. The summed E-state index contributed by atoms with van der Waals surface area (Å²) >= 11 is 6.40. The van der Waals surface area contributed by atoms with Crippen molar-refractivity contribution in [3.8, 4) is 0 Å². The molecule has 0 saturated heterocycles. The first-order chi connectivity index (χ1) is 17.4. The van der Waals surface area contributed by atoms with Crippen LogP contribution >= 0.6 is 11.6 Å². The summed E-state index contributed by atoms with van der Waals surface area (Å²) in [5.74, 6) is 0.672. The molecule has 8 nitrogen and oxygen atoms in total. The van der Waals surface area contributed by atoms with E-state index in [1.165, 1.54) is 11.1 Å². The maximum atomic E-state index is 12.6. The summed E-state index contributed by atoms with van der Waals surface area (Å²) < 4.78 is 5.24. The lowest BCUT2D eigenvalue weighted by Crippen LogP contribution is -2.30. The Hall–Kier alpha value is -3.20. The second-order valence-corrected chi connectivity index (χ2v) is 9.54. The highest BCUT2D eigenvalue weighted by Gasteiger charge is 2.16. The van der Waals surface area contributed by atoms with E-state index < -0.39 is 0 Å². The minimum absolute atomic E-state index is 0.0262. The standard InChI is InChI=1S/C27H33ClN6O2/c1-18(2)30-26(35)22-6-4-5-7-24(22)32-25-23(28)17-29-27(33-25)31-21-9-8-19-10-12-34(14-15-36-3)13-11-20(19)16-21/h4-9,16-18H,10-15H2,1-3H3,(H,30,35)(H2,29,31,32,33). The zero-order valence-corrected chi connectivity index (χ0v) is 21.7. The highest BCUT2D eigenvalue weighted by atomic mass is 35.5. The molecule has 2 heterocycles. The lowest BCUT2D eigenvalue weighted by Gasteiger charge is -2.18. The Labute approximate surface area is 217 Å². The summed E-state index contributed by atoms with van der Waals surface area (Å²) in [4.78, 5) is 24.0. The van der Waals surface area contributed by atoms with Gasteiger partial charge in [-0.2, -0.15) is 4.98 Å². The molecule has 4 rings (SSSR count). The van der Waals surface area contributed by atoms with Gasteiger partial charge in [0.2, 0.25) is 5.95 Å². The predicted octanol–water partition coefficient (Wildman–Crippen LogP) is 4.80. The van der Waals surface area contributed by atoms with Crippen molar-refractivity contribution in [2.24, 2.45) is 0 Å². The van der Waals surface area contributed by atoms with Crippen LogP contribution in [0.3, 0.4) is 0 Å². The summed E-state index contributed by atoms with van der Waals surface area (Å²) in [7, 11) is 1.74. The maximum absolute atomic E-state index is 12.6. The molecule has 1 aliphatic rings. The van der Waals surface area contributed by atoms with E-state index in [1.54, 1.807) is 19.4 Å². The van der Waals surface area contributed by atoms with Gasteiger partial charge >= 0.3 is 0 Å². The van der Waals surface area contributed by atoms with Gasteiger partial charge in [-0.05, 0) is 62.1 Å². The van der Waals surface area contributed by atoms with E-state index in [0.29, 0.717) is 28.0 Å². The van der Waals surface area contributed by atoms with Crippen molar-refractivity contribution in [1.82, 2.24) is 20.2 Å². The third-order valence-corrected chi connectivity index (χ3v) is 6.33. The Bertz CT molecular complexity index is 1200. The van der Waals surface area contributed by atoms with E-state index in [0.717, 1.165) is 44.8 Å². The van der Waals surface area contributed by atoms with Crippen LogP contribution in [0.25, 0.3) is 0 Å². The van der Waals surface area contributed by atoms with Crippen molar-refractivity contribution in [3.05, 3.63) is 70.4 Å².